The Morgan fingerprint density at radius 3 is 2.57 bits per heavy atom. The third-order valence-corrected chi connectivity index (χ3v) is 2.85. The van der Waals surface area contributed by atoms with Crippen molar-refractivity contribution in [3.8, 4) is 0 Å². The molecule has 7 nitrogen and oxygen atoms in total. The molecule has 2 rings (SSSR count). The molecule has 1 heterocycles. The Morgan fingerprint density at radius 2 is 1.95 bits per heavy atom. The van der Waals surface area contributed by atoms with Crippen LogP contribution in [0.1, 0.15) is 17.0 Å². The van der Waals surface area contributed by atoms with Gasteiger partial charge in [-0.1, -0.05) is 17.7 Å². The van der Waals surface area contributed by atoms with E-state index < -0.39 is 4.92 Å². The van der Waals surface area contributed by atoms with Gasteiger partial charge in [0, 0.05) is 23.0 Å². The molecule has 0 saturated carbocycles. The zero-order valence-corrected chi connectivity index (χ0v) is 12.1. The van der Waals surface area contributed by atoms with Gasteiger partial charge in [-0.3, -0.25) is 10.1 Å². The summed E-state index contributed by atoms with van der Waals surface area (Å²) in [4.78, 5) is 18.6. The zero-order valence-electron chi connectivity index (χ0n) is 11.4. The van der Waals surface area contributed by atoms with E-state index in [1.807, 2.05) is 19.9 Å². The van der Waals surface area contributed by atoms with Crippen LogP contribution in [0.25, 0.3) is 0 Å². The first-order valence-electron chi connectivity index (χ1n) is 6.01. The molecule has 0 amide bonds. The van der Waals surface area contributed by atoms with Gasteiger partial charge in [0.05, 0.1) is 11.1 Å². The van der Waals surface area contributed by atoms with E-state index in [0.29, 0.717) is 11.5 Å². The maximum Gasteiger partial charge on any atom is 0.288 e. The van der Waals surface area contributed by atoms with Crippen LogP contribution in [0.4, 0.5) is 11.6 Å². The van der Waals surface area contributed by atoms with Gasteiger partial charge in [0.1, 0.15) is 5.02 Å². The molecule has 0 aliphatic rings. The molecule has 2 aromatic rings. The second-order valence-electron chi connectivity index (χ2n) is 4.31. The van der Waals surface area contributed by atoms with Gasteiger partial charge in [-0.15, -0.1) is 0 Å². The van der Waals surface area contributed by atoms with E-state index in [-0.39, 0.29) is 10.7 Å². The first kappa shape index (κ1) is 14.9. The lowest BCUT2D eigenvalue weighted by molar-refractivity contribution is -0.384. The van der Waals surface area contributed by atoms with E-state index in [2.05, 4.69) is 20.5 Å². The first-order chi connectivity index (χ1) is 9.95. The van der Waals surface area contributed by atoms with Gasteiger partial charge in [0.25, 0.3) is 5.69 Å². The number of aromatic nitrogens is 2. The van der Waals surface area contributed by atoms with Crippen LogP contribution in [0.3, 0.4) is 0 Å². The standard InChI is InChI=1S/C13H12ClN5O2/c1-8-5-9(2)17-13(16-8)18-15-7-10-3-4-11(14)12(6-10)19(20)21/h3-7H,1-2H3,(H,16,17,18)/b15-7+. The molecule has 1 N–H and O–H groups in total. The number of nitrogens with one attached hydrogen (secondary N) is 1. The van der Waals surface area contributed by atoms with Gasteiger partial charge in [-0.25, -0.2) is 15.4 Å². The summed E-state index contributed by atoms with van der Waals surface area (Å²) in [6.07, 6.45) is 1.43. The third kappa shape index (κ3) is 3.96. The Morgan fingerprint density at radius 1 is 1.29 bits per heavy atom. The SMILES string of the molecule is Cc1cc(C)nc(N/N=C/c2ccc(Cl)c([N+](=O)[O-])c2)n1. The average molecular weight is 306 g/mol. The van der Waals surface area contributed by atoms with Crippen molar-refractivity contribution in [3.05, 3.63) is 56.4 Å². The fraction of sp³-hybridized carbons (Fsp3) is 0.154. The van der Waals surface area contributed by atoms with Gasteiger partial charge < -0.3 is 0 Å². The second kappa shape index (κ2) is 6.27. The summed E-state index contributed by atoms with van der Waals surface area (Å²) in [5.41, 5.74) is 4.71. The van der Waals surface area contributed by atoms with Gasteiger partial charge in [0.15, 0.2) is 0 Å². The van der Waals surface area contributed by atoms with Crippen LogP contribution in [0.2, 0.25) is 5.02 Å². The smallest absolute Gasteiger partial charge is 0.258 e. The van der Waals surface area contributed by atoms with E-state index in [9.17, 15) is 10.1 Å². The van der Waals surface area contributed by atoms with Crippen LogP contribution < -0.4 is 5.43 Å². The van der Waals surface area contributed by atoms with Crippen LogP contribution in [-0.4, -0.2) is 21.1 Å². The minimum Gasteiger partial charge on any atom is -0.258 e. The molecule has 0 saturated heterocycles. The predicted molar refractivity (Wildman–Crippen MR) is 80.8 cm³/mol. The number of halogens is 1. The van der Waals surface area contributed by atoms with E-state index >= 15 is 0 Å². The molecule has 0 aliphatic carbocycles. The highest BCUT2D eigenvalue weighted by atomic mass is 35.5. The van der Waals surface area contributed by atoms with Gasteiger partial charge in [-0.2, -0.15) is 5.10 Å². The number of aryl methyl sites for hydroxylation is 2. The normalized spacial score (nSPS) is 10.8. The van der Waals surface area contributed by atoms with Gasteiger partial charge in [-0.05, 0) is 26.0 Å². The molecule has 0 atom stereocenters. The van der Waals surface area contributed by atoms with Gasteiger partial charge >= 0.3 is 0 Å². The maximum absolute atomic E-state index is 10.8. The van der Waals surface area contributed by atoms with Crippen LogP contribution in [0.15, 0.2) is 29.4 Å². The van der Waals surface area contributed by atoms with Crippen molar-refractivity contribution in [2.45, 2.75) is 13.8 Å². The van der Waals surface area contributed by atoms with E-state index in [0.717, 1.165) is 11.4 Å². The van der Waals surface area contributed by atoms with Crippen molar-refractivity contribution in [2.75, 3.05) is 5.43 Å². The molecule has 0 fully saturated rings. The molecule has 0 bridgehead atoms. The summed E-state index contributed by atoms with van der Waals surface area (Å²) in [5.74, 6) is 0.368. The predicted octanol–water partition coefficient (Wildman–Crippen LogP) is 3.10. The third-order valence-electron chi connectivity index (χ3n) is 2.53. The van der Waals surface area contributed by atoms with Crippen molar-refractivity contribution in [3.63, 3.8) is 0 Å². The van der Waals surface area contributed by atoms with E-state index in [4.69, 9.17) is 11.6 Å². The number of hydrazone groups is 1. The van der Waals surface area contributed by atoms with Crippen LogP contribution in [-0.2, 0) is 0 Å². The quantitative estimate of drug-likeness (QED) is 0.532. The van der Waals surface area contributed by atoms with Gasteiger partial charge in [0.2, 0.25) is 5.95 Å². The number of rotatable bonds is 4. The van der Waals surface area contributed by atoms with Crippen molar-refractivity contribution in [1.29, 1.82) is 0 Å². The minimum atomic E-state index is -0.542. The van der Waals surface area contributed by atoms with Crippen molar-refractivity contribution in [2.24, 2.45) is 5.10 Å². The Bertz CT molecular complexity index is 697. The molecule has 0 aliphatic heterocycles. The fourth-order valence-corrected chi connectivity index (χ4v) is 1.88. The van der Waals surface area contributed by atoms with Crippen LogP contribution >= 0.6 is 11.6 Å². The van der Waals surface area contributed by atoms with Crippen molar-refractivity contribution < 1.29 is 4.92 Å². The highest BCUT2D eigenvalue weighted by Crippen LogP contribution is 2.24. The number of benzene rings is 1. The maximum atomic E-state index is 10.8. The average Bonchev–Trinajstić information content (AvgIpc) is 2.39. The minimum absolute atomic E-state index is 0.0859. The number of nitrogens with zero attached hydrogens (tertiary/aromatic N) is 4. The molecular formula is C13H12ClN5O2. The second-order valence-corrected chi connectivity index (χ2v) is 4.72. The lowest BCUT2D eigenvalue weighted by Crippen LogP contribution is -2.00. The molecule has 8 heteroatoms. The Hall–Kier alpha value is -2.54. The summed E-state index contributed by atoms with van der Waals surface area (Å²) < 4.78 is 0. The number of hydrogen-bond acceptors (Lipinski definition) is 6. The number of anilines is 1. The largest absolute Gasteiger partial charge is 0.288 e. The molecule has 108 valence electrons. The summed E-state index contributed by atoms with van der Waals surface area (Å²) >= 11 is 5.73. The molecule has 0 radical (unpaired) electrons. The Kier molecular flexibility index (Phi) is 4.44. The Labute approximate surface area is 125 Å². The topological polar surface area (TPSA) is 93.3 Å². The molecular weight excluding hydrogens is 294 g/mol. The highest BCUT2D eigenvalue weighted by molar-refractivity contribution is 6.32. The molecule has 0 spiro atoms. The number of hydrogen-bond donors (Lipinski definition) is 1. The number of nitro groups is 1. The summed E-state index contributed by atoms with van der Waals surface area (Å²) in [6.45, 7) is 3.71. The lowest BCUT2D eigenvalue weighted by atomic mass is 10.2. The van der Waals surface area contributed by atoms with E-state index in [1.54, 1.807) is 6.07 Å². The first-order valence-corrected chi connectivity index (χ1v) is 6.39. The van der Waals surface area contributed by atoms with E-state index in [1.165, 1.54) is 18.3 Å². The number of nitro benzene ring substituents is 1. The molecule has 1 aromatic carbocycles. The van der Waals surface area contributed by atoms with Crippen LogP contribution in [0, 0.1) is 24.0 Å². The Balaban J connectivity index is 2.14. The molecule has 21 heavy (non-hydrogen) atoms. The molecule has 0 unspecified atom stereocenters. The van der Waals surface area contributed by atoms with Crippen molar-refractivity contribution >= 4 is 29.5 Å². The fourth-order valence-electron chi connectivity index (χ4n) is 1.69. The monoisotopic (exact) mass is 305 g/mol. The lowest BCUT2D eigenvalue weighted by Gasteiger charge is -2.01. The zero-order chi connectivity index (χ0) is 15.4. The highest BCUT2D eigenvalue weighted by Gasteiger charge is 2.11. The summed E-state index contributed by atoms with van der Waals surface area (Å²) in [6, 6.07) is 6.27. The van der Waals surface area contributed by atoms with Crippen LogP contribution in [0.5, 0.6) is 0 Å². The molecule has 1 aromatic heterocycles. The summed E-state index contributed by atoms with van der Waals surface area (Å²) in [7, 11) is 0. The summed E-state index contributed by atoms with van der Waals surface area (Å²) in [5, 5.41) is 14.8. The van der Waals surface area contributed by atoms with Crippen molar-refractivity contribution in [1.82, 2.24) is 9.97 Å².